The monoisotopic (exact) mass is 1010 g/mol. The molecule has 378 valence electrons. The first-order valence-corrected chi connectivity index (χ1v) is 27.4. The lowest BCUT2D eigenvalue weighted by Gasteiger charge is -2.49. The van der Waals surface area contributed by atoms with Gasteiger partial charge in [-0.15, -0.1) is 0 Å². The Balaban J connectivity index is 1.27. The van der Waals surface area contributed by atoms with E-state index in [0.29, 0.717) is 5.56 Å². The lowest BCUT2D eigenvalue weighted by molar-refractivity contribution is 0.629. The number of anilines is 12. The van der Waals surface area contributed by atoms with E-state index in [1.54, 1.807) is 0 Å². The second kappa shape index (κ2) is 16.9. The van der Waals surface area contributed by atoms with E-state index < -0.39 is 0 Å². The van der Waals surface area contributed by atoms with E-state index in [4.69, 9.17) is 0 Å². The standard InChI is InChI=1S/C73H61N5/c1-70(2)49-25-9-17-33-57(49)75(58-34-18-10-26-50(58)70)65-45-66(76-59-35-19-11-27-51(59)71(3,4)52-28-12-20-36-60(52)76)69(78-63-39-23-15-31-55(63)73(7,8)56-32-16-24-40-64(56)78)67(48-43-41-47(46-74)42-44-48)68(65)77-61-37-21-13-29-53(61)72(5,6)54-30-14-22-38-62(54)77/h9-45H,1-8H3. The van der Waals surface area contributed by atoms with E-state index in [2.05, 4.69) is 293 Å². The van der Waals surface area contributed by atoms with Crippen LogP contribution in [0, 0.1) is 11.3 Å². The zero-order valence-electron chi connectivity index (χ0n) is 45.6. The average molecular weight is 1010 g/mol. The summed E-state index contributed by atoms with van der Waals surface area (Å²) in [6, 6.07) is 85.7. The van der Waals surface area contributed by atoms with Crippen molar-refractivity contribution in [1.29, 1.82) is 5.26 Å². The van der Waals surface area contributed by atoms with Crippen molar-refractivity contribution < 1.29 is 0 Å². The molecule has 5 heteroatoms. The molecule has 5 nitrogen and oxygen atoms in total. The van der Waals surface area contributed by atoms with E-state index in [0.717, 1.165) is 79.4 Å². The third kappa shape index (κ3) is 6.53. The Morgan fingerprint density at radius 2 is 0.487 bits per heavy atom. The van der Waals surface area contributed by atoms with E-state index in [1.165, 1.54) is 44.5 Å². The van der Waals surface area contributed by atoms with E-state index >= 15 is 0 Å². The van der Waals surface area contributed by atoms with Gasteiger partial charge in [0.15, 0.2) is 0 Å². The molecule has 0 aromatic heterocycles. The molecular formula is C73H61N5. The van der Waals surface area contributed by atoms with Crippen LogP contribution in [0.25, 0.3) is 11.1 Å². The summed E-state index contributed by atoms with van der Waals surface area (Å²) < 4.78 is 0. The maximum atomic E-state index is 10.6. The maximum absolute atomic E-state index is 10.6. The smallest absolute Gasteiger partial charge is 0.0991 e. The number of nitriles is 1. The number of para-hydroxylation sites is 8. The van der Waals surface area contributed by atoms with Crippen LogP contribution >= 0.6 is 0 Å². The Kier molecular flexibility index (Phi) is 10.3. The molecule has 0 saturated carbocycles. The topological polar surface area (TPSA) is 36.8 Å². The van der Waals surface area contributed by atoms with Crippen LogP contribution in [-0.2, 0) is 21.7 Å². The van der Waals surface area contributed by atoms with Gasteiger partial charge in [-0.1, -0.05) is 213 Å². The minimum atomic E-state index is -0.333. The fraction of sp³-hybridized carbons (Fsp3) is 0.164. The van der Waals surface area contributed by atoms with Crippen LogP contribution in [0.1, 0.15) is 105 Å². The molecule has 14 rings (SSSR count). The molecule has 10 aromatic carbocycles. The largest absolute Gasteiger partial charge is 0.308 e. The number of rotatable bonds is 5. The van der Waals surface area contributed by atoms with Gasteiger partial charge in [0.25, 0.3) is 0 Å². The molecule has 0 radical (unpaired) electrons. The van der Waals surface area contributed by atoms with Crippen LogP contribution in [0.2, 0.25) is 0 Å². The molecule has 4 heterocycles. The molecule has 4 aliphatic heterocycles. The summed E-state index contributed by atoms with van der Waals surface area (Å²) in [5.74, 6) is 0. The summed E-state index contributed by atoms with van der Waals surface area (Å²) in [5, 5.41) is 10.6. The Bertz CT molecular complexity index is 3720. The average Bonchev–Trinajstić information content (AvgIpc) is 3.43. The fourth-order valence-corrected chi connectivity index (χ4v) is 14.1. The predicted octanol–water partition coefficient (Wildman–Crippen LogP) is 19.7. The van der Waals surface area contributed by atoms with Crippen molar-refractivity contribution in [2.24, 2.45) is 0 Å². The van der Waals surface area contributed by atoms with Gasteiger partial charge in [0, 0.05) is 27.2 Å². The molecule has 0 bridgehead atoms. The van der Waals surface area contributed by atoms with Crippen LogP contribution < -0.4 is 19.6 Å². The van der Waals surface area contributed by atoms with Crippen LogP contribution in [0.15, 0.2) is 224 Å². The minimum Gasteiger partial charge on any atom is -0.308 e. The first-order chi connectivity index (χ1) is 37.7. The Hall–Kier alpha value is -9.11. The molecule has 0 N–H and O–H groups in total. The van der Waals surface area contributed by atoms with Gasteiger partial charge in [-0.2, -0.15) is 5.26 Å². The van der Waals surface area contributed by atoms with Gasteiger partial charge in [0.05, 0.1) is 79.9 Å². The van der Waals surface area contributed by atoms with Gasteiger partial charge in [0.2, 0.25) is 0 Å². The van der Waals surface area contributed by atoms with Gasteiger partial charge in [-0.05, 0) is 117 Å². The molecule has 0 unspecified atom stereocenters. The van der Waals surface area contributed by atoms with Gasteiger partial charge in [-0.3, -0.25) is 0 Å². The number of hydrogen-bond acceptors (Lipinski definition) is 5. The molecule has 0 fully saturated rings. The van der Waals surface area contributed by atoms with Crippen LogP contribution in [0.3, 0.4) is 0 Å². The molecule has 78 heavy (non-hydrogen) atoms. The number of benzene rings is 10. The fourth-order valence-electron chi connectivity index (χ4n) is 14.1. The Labute approximate surface area is 459 Å². The van der Waals surface area contributed by atoms with Crippen molar-refractivity contribution in [3.8, 4) is 17.2 Å². The molecular weight excluding hydrogens is 947 g/mol. The van der Waals surface area contributed by atoms with Crippen molar-refractivity contribution in [2.75, 3.05) is 19.6 Å². The second-order valence-corrected chi connectivity index (χ2v) is 23.7. The number of nitrogens with zero attached hydrogens (tertiary/aromatic N) is 5. The predicted molar refractivity (Wildman–Crippen MR) is 324 cm³/mol. The number of hydrogen-bond donors (Lipinski definition) is 0. The van der Waals surface area contributed by atoms with Gasteiger partial charge >= 0.3 is 0 Å². The maximum Gasteiger partial charge on any atom is 0.0991 e. The third-order valence-corrected chi connectivity index (χ3v) is 18.0. The van der Waals surface area contributed by atoms with Crippen LogP contribution in [-0.4, -0.2) is 0 Å². The van der Waals surface area contributed by atoms with Crippen molar-refractivity contribution >= 4 is 68.2 Å². The van der Waals surface area contributed by atoms with Crippen LogP contribution in [0.5, 0.6) is 0 Å². The summed E-state index contributed by atoms with van der Waals surface area (Å²) in [6.45, 7) is 19.0. The SMILES string of the molecule is CC1(C)c2ccccc2N(c2cc(N3c4ccccc4C(C)(C)c4ccccc43)c(N3c4ccccc4C(C)(C)c4ccccc43)c(-c3ccc(C#N)cc3)c2N2c3ccccc3C(C)(C)c3ccccc32)c2ccccc21. The van der Waals surface area contributed by atoms with Gasteiger partial charge in [-0.25, -0.2) is 0 Å². The third-order valence-electron chi connectivity index (χ3n) is 18.0. The molecule has 10 aromatic rings. The van der Waals surface area contributed by atoms with E-state index in [1.807, 2.05) is 12.1 Å². The highest BCUT2D eigenvalue weighted by Gasteiger charge is 2.47. The normalized spacial score (nSPS) is 16.2. The molecule has 0 aliphatic carbocycles. The quantitative estimate of drug-likeness (QED) is 0.172. The van der Waals surface area contributed by atoms with Crippen molar-refractivity contribution in [3.05, 3.63) is 275 Å². The first-order valence-electron chi connectivity index (χ1n) is 27.4. The Morgan fingerprint density at radius 3 is 0.718 bits per heavy atom. The molecule has 0 atom stereocenters. The molecule has 0 spiro atoms. The summed E-state index contributed by atoms with van der Waals surface area (Å²) >= 11 is 0. The first kappa shape index (κ1) is 47.3. The van der Waals surface area contributed by atoms with Crippen LogP contribution in [0.4, 0.5) is 68.2 Å². The highest BCUT2D eigenvalue weighted by molar-refractivity contribution is 6.14. The van der Waals surface area contributed by atoms with Crippen molar-refractivity contribution in [2.45, 2.75) is 77.0 Å². The van der Waals surface area contributed by atoms with Crippen molar-refractivity contribution in [3.63, 3.8) is 0 Å². The zero-order valence-corrected chi connectivity index (χ0v) is 45.6. The second-order valence-electron chi connectivity index (χ2n) is 23.7. The Morgan fingerprint density at radius 1 is 0.269 bits per heavy atom. The lowest BCUT2D eigenvalue weighted by Crippen LogP contribution is -2.35. The van der Waals surface area contributed by atoms with E-state index in [-0.39, 0.29) is 21.7 Å². The number of fused-ring (bicyclic) bond motifs is 8. The highest BCUT2D eigenvalue weighted by Crippen LogP contribution is 2.67. The zero-order chi connectivity index (χ0) is 53.5. The molecule has 0 saturated heterocycles. The summed E-state index contributed by atoms with van der Waals surface area (Å²) in [6.07, 6.45) is 0. The van der Waals surface area contributed by atoms with Gasteiger partial charge < -0.3 is 19.6 Å². The summed E-state index contributed by atoms with van der Waals surface area (Å²) in [5.41, 5.74) is 24.3. The molecule has 4 aliphatic rings. The van der Waals surface area contributed by atoms with Gasteiger partial charge in [0.1, 0.15) is 0 Å². The van der Waals surface area contributed by atoms with E-state index in [9.17, 15) is 5.26 Å². The van der Waals surface area contributed by atoms with Crippen molar-refractivity contribution in [1.82, 2.24) is 0 Å². The summed E-state index contributed by atoms with van der Waals surface area (Å²) in [4.78, 5) is 10.3. The lowest BCUT2D eigenvalue weighted by atomic mass is 9.72. The summed E-state index contributed by atoms with van der Waals surface area (Å²) in [7, 11) is 0. The highest BCUT2D eigenvalue weighted by atomic mass is 15.3. The minimum absolute atomic E-state index is 0.318. The molecule has 0 amide bonds.